The fraction of sp³-hybridized carbons (Fsp3) is 0.211. The van der Waals surface area contributed by atoms with Crippen molar-refractivity contribution < 1.29 is 18.1 Å². The molecular weight excluding hydrogens is 340 g/mol. The summed E-state index contributed by atoms with van der Waals surface area (Å²) < 4.78 is 32.1. The van der Waals surface area contributed by atoms with Crippen molar-refractivity contribution in [1.29, 1.82) is 0 Å². The van der Waals surface area contributed by atoms with Crippen LogP contribution < -0.4 is 4.90 Å². The van der Waals surface area contributed by atoms with Crippen LogP contribution in [0.15, 0.2) is 47.0 Å². The van der Waals surface area contributed by atoms with E-state index in [1.165, 1.54) is 23.1 Å². The van der Waals surface area contributed by atoms with Gasteiger partial charge in [0.25, 0.3) is 5.89 Å². The number of benzene rings is 2. The van der Waals surface area contributed by atoms with E-state index in [2.05, 4.69) is 10.1 Å². The Balaban J connectivity index is 1.55. The minimum absolute atomic E-state index is 0.119. The van der Waals surface area contributed by atoms with E-state index in [-0.39, 0.29) is 35.8 Å². The maximum absolute atomic E-state index is 13.8. The number of carbonyl (C=O) groups excluding carboxylic acids is 1. The van der Waals surface area contributed by atoms with Gasteiger partial charge in [-0.2, -0.15) is 4.98 Å². The van der Waals surface area contributed by atoms with Crippen molar-refractivity contribution in [3.63, 3.8) is 0 Å². The Bertz CT molecular complexity index is 969. The minimum atomic E-state index is -0.351. The Morgan fingerprint density at radius 1 is 1.15 bits per heavy atom. The molecule has 1 aliphatic heterocycles. The Morgan fingerprint density at radius 2 is 1.92 bits per heavy atom. The van der Waals surface area contributed by atoms with Crippen LogP contribution >= 0.6 is 0 Å². The maximum Gasteiger partial charge on any atom is 0.257 e. The van der Waals surface area contributed by atoms with Gasteiger partial charge in [-0.05, 0) is 48.9 Å². The molecule has 0 spiro atoms. The van der Waals surface area contributed by atoms with Crippen molar-refractivity contribution in [3.05, 3.63) is 65.5 Å². The number of amides is 1. The SMILES string of the molecule is Cc1ccc(N2CC(c3noc(-c4ccc(F)cc4)n3)CC2=O)cc1F. The van der Waals surface area contributed by atoms with Crippen molar-refractivity contribution in [1.82, 2.24) is 10.1 Å². The zero-order valence-corrected chi connectivity index (χ0v) is 13.9. The van der Waals surface area contributed by atoms with Crippen molar-refractivity contribution in [2.45, 2.75) is 19.3 Å². The van der Waals surface area contributed by atoms with Gasteiger partial charge < -0.3 is 9.42 Å². The molecule has 7 heteroatoms. The first-order valence-corrected chi connectivity index (χ1v) is 8.17. The molecule has 0 saturated carbocycles. The van der Waals surface area contributed by atoms with Gasteiger partial charge in [0.05, 0.1) is 0 Å². The standard InChI is InChI=1S/C19H15F2N3O2/c1-11-2-7-15(9-16(11)21)24-10-13(8-17(24)25)18-22-19(26-23-18)12-3-5-14(20)6-4-12/h2-7,9,13H,8,10H2,1H3. The molecule has 0 radical (unpaired) electrons. The van der Waals surface area contributed by atoms with Crippen molar-refractivity contribution >= 4 is 11.6 Å². The molecule has 1 aliphatic rings. The number of hydrogen-bond acceptors (Lipinski definition) is 4. The van der Waals surface area contributed by atoms with Crippen molar-refractivity contribution in [3.8, 4) is 11.5 Å². The van der Waals surface area contributed by atoms with E-state index in [1.807, 2.05) is 0 Å². The average Bonchev–Trinajstić information content (AvgIpc) is 3.25. The molecule has 4 rings (SSSR count). The fourth-order valence-electron chi connectivity index (χ4n) is 2.99. The van der Waals surface area contributed by atoms with Crippen LogP contribution in [0.1, 0.15) is 23.7 Å². The van der Waals surface area contributed by atoms with Gasteiger partial charge in [0.2, 0.25) is 5.91 Å². The number of rotatable bonds is 3. The van der Waals surface area contributed by atoms with Crippen LogP contribution in [0.5, 0.6) is 0 Å². The molecule has 5 nitrogen and oxygen atoms in total. The summed E-state index contributed by atoms with van der Waals surface area (Å²) in [4.78, 5) is 18.2. The van der Waals surface area contributed by atoms with Gasteiger partial charge in [0, 0.05) is 30.1 Å². The first-order chi connectivity index (χ1) is 12.5. The molecule has 1 unspecified atom stereocenters. The molecule has 1 atom stereocenters. The van der Waals surface area contributed by atoms with E-state index in [0.717, 1.165) is 0 Å². The highest BCUT2D eigenvalue weighted by Crippen LogP contribution is 2.32. The molecule has 132 valence electrons. The summed E-state index contributed by atoms with van der Waals surface area (Å²) in [7, 11) is 0. The molecule has 0 aliphatic carbocycles. The highest BCUT2D eigenvalue weighted by molar-refractivity contribution is 5.96. The predicted octanol–water partition coefficient (Wildman–Crippen LogP) is 3.84. The van der Waals surface area contributed by atoms with E-state index in [4.69, 9.17) is 4.52 Å². The van der Waals surface area contributed by atoms with E-state index in [1.54, 1.807) is 31.2 Å². The first kappa shape index (κ1) is 16.4. The van der Waals surface area contributed by atoms with Gasteiger partial charge in [-0.15, -0.1) is 0 Å². The lowest BCUT2D eigenvalue weighted by atomic mass is 10.1. The van der Waals surface area contributed by atoms with Gasteiger partial charge in [-0.25, -0.2) is 8.78 Å². The lowest BCUT2D eigenvalue weighted by Gasteiger charge is -2.16. The average molecular weight is 355 g/mol. The van der Waals surface area contributed by atoms with Crippen molar-refractivity contribution in [2.24, 2.45) is 0 Å². The predicted molar refractivity (Wildman–Crippen MR) is 90.5 cm³/mol. The molecule has 1 fully saturated rings. The van der Waals surface area contributed by atoms with E-state index in [0.29, 0.717) is 29.2 Å². The first-order valence-electron chi connectivity index (χ1n) is 8.17. The van der Waals surface area contributed by atoms with Crippen LogP contribution in [0, 0.1) is 18.6 Å². The molecule has 1 amide bonds. The number of aromatic nitrogens is 2. The zero-order chi connectivity index (χ0) is 18.3. The highest BCUT2D eigenvalue weighted by Gasteiger charge is 2.34. The maximum atomic E-state index is 13.8. The minimum Gasteiger partial charge on any atom is -0.334 e. The second-order valence-corrected chi connectivity index (χ2v) is 6.30. The Labute approximate surface area is 148 Å². The third-order valence-corrected chi connectivity index (χ3v) is 4.49. The van der Waals surface area contributed by atoms with Crippen molar-refractivity contribution in [2.75, 3.05) is 11.4 Å². The van der Waals surface area contributed by atoms with Gasteiger partial charge in [0.1, 0.15) is 11.6 Å². The van der Waals surface area contributed by atoms with Crippen LogP contribution in [0.4, 0.5) is 14.5 Å². The lowest BCUT2D eigenvalue weighted by molar-refractivity contribution is -0.117. The van der Waals surface area contributed by atoms with Crippen LogP contribution in [-0.2, 0) is 4.79 Å². The molecule has 1 aromatic heterocycles. The normalized spacial score (nSPS) is 17.1. The second-order valence-electron chi connectivity index (χ2n) is 6.30. The third kappa shape index (κ3) is 2.96. The molecule has 26 heavy (non-hydrogen) atoms. The quantitative estimate of drug-likeness (QED) is 0.716. The summed E-state index contributed by atoms with van der Waals surface area (Å²) in [6.45, 7) is 2.02. The smallest absolute Gasteiger partial charge is 0.257 e. The second kappa shape index (κ2) is 6.33. The summed E-state index contributed by atoms with van der Waals surface area (Å²) in [6, 6.07) is 10.4. The van der Waals surface area contributed by atoms with Crippen LogP contribution in [0.2, 0.25) is 0 Å². The number of nitrogens with zero attached hydrogens (tertiary/aromatic N) is 3. The summed E-state index contributed by atoms with van der Waals surface area (Å²) in [5.41, 5.74) is 1.65. The molecule has 3 aromatic rings. The number of aryl methyl sites for hydroxylation is 1. The molecule has 1 saturated heterocycles. The number of hydrogen-bond donors (Lipinski definition) is 0. The summed E-state index contributed by atoms with van der Waals surface area (Å²) in [5.74, 6) is -0.385. The topological polar surface area (TPSA) is 59.2 Å². The Morgan fingerprint density at radius 3 is 2.65 bits per heavy atom. The number of anilines is 1. The summed E-state index contributed by atoms with van der Waals surface area (Å²) in [5, 5.41) is 3.96. The van der Waals surface area contributed by atoms with Crippen LogP contribution in [0.25, 0.3) is 11.5 Å². The van der Waals surface area contributed by atoms with Crippen LogP contribution in [0.3, 0.4) is 0 Å². The van der Waals surface area contributed by atoms with Gasteiger partial charge in [0.15, 0.2) is 5.82 Å². The number of carbonyl (C=O) groups is 1. The van der Waals surface area contributed by atoms with Gasteiger partial charge in [-0.1, -0.05) is 11.2 Å². The Kier molecular flexibility index (Phi) is 3.99. The Hall–Kier alpha value is -3.09. The molecular formula is C19H15F2N3O2. The molecule has 0 N–H and O–H groups in total. The van der Waals surface area contributed by atoms with E-state index in [9.17, 15) is 13.6 Å². The highest BCUT2D eigenvalue weighted by atomic mass is 19.1. The molecule has 2 heterocycles. The number of halogens is 2. The van der Waals surface area contributed by atoms with Crippen LogP contribution in [-0.4, -0.2) is 22.6 Å². The zero-order valence-electron chi connectivity index (χ0n) is 13.9. The van der Waals surface area contributed by atoms with E-state index < -0.39 is 0 Å². The molecule has 2 aromatic carbocycles. The van der Waals surface area contributed by atoms with Gasteiger partial charge >= 0.3 is 0 Å². The van der Waals surface area contributed by atoms with E-state index >= 15 is 0 Å². The fourth-order valence-corrected chi connectivity index (χ4v) is 2.99. The summed E-state index contributed by atoms with van der Waals surface area (Å²) in [6.07, 6.45) is 0.220. The largest absolute Gasteiger partial charge is 0.334 e. The van der Waals surface area contributed by atoms with Gasteiger partial charge in [-0.3, -0.25) is 4.79 Å². The molecule has 0 bridgehead atoms. The summed E-state index contributed by atoms with van der Waals surface area (Å²) >= 11 is 0. The lowest BCUT2D eigenvalue weighted by Crippen LogP contribution is -2.24. The third-order valence-electron chi connectivity index (χ3n) is 4.49. The monoisotopic (exact) mass is 355 g/mol.